The lowest BCUT2D eigenvalue weighted by molar-refractivity contribution is -0.137. The number of halogens is 3. The second kappa shape index (κ2) is 7.66. The molecule has 1 amide bonds. The molecule has 2 bridgehead atoms. The largest absolute Gasteiger partial charge is 0.472 e. The van der Waals surface area contributed by atoms with Crippen LogP contribution in [0, 0.1) is 12.8 Å². The lowest BCUT2D eigenvalue weighted by Gasteiger charge is -2.33. The zero-order valence-electron chi connectivity index (χ0n) is 17.1. The number of fused-ring (bicyclic) bond motifs is 2. The normalized spacial score (nSPS) is 24.2. The van der Waals surface area contributed by atoms with Crippen molar-refractivity contribution in [1.29, 1.82) is 0 Å². The van der Waals surface area contributed by atoms with Gasteiger partial charge in [-0.25, -0.2) is 15.0 Å². The van der Waals surface area contributed by atoms with E-state index in [1.165, 1.54) is 6.07 Å². The van der Waals surface area contributed by atoms with E-state index in [0.717, 1.165) is 30.8 Å². The Morgan fingerprint density at radius 1 is 1.22 bits per heavy atom. The van der Waals surface area contributed by atoms with Gasteiger partial charge in [-0.15, -0.1) is 5.53 Å². The Balaban J connectivity index is 1.34. The van der Waals surface area contributed by atoms with Crippen LogP contribution in [0.3, 0.4) is 0 Å². The molecule has 1 saturated heterocycles. The molecule has 2 aromatic heterocycles. The van der Waals surface area contributed by atoms with E-state index in [0.29, 0.717) is 17.9 Å². The molecule has 8 nitrogen and oxygen atoms in total. The second-order valence-corrected chi connectivity index (χ2v) is 8.17. The first-order chi connectivity index (χ1) is 15.3. The summed E-state index contributed by atoms with van der Waals surface area (Å²) in [7, 11) is 0. The number of ether oxygens (including phenoxy) is 1. The number of aryl methyl sites for hydroxylation is 1. The Kier molecular flexibility index (Phi) is 4.92. The summed E-state index contributed by atoms with van der Waals surface area (Å²) in [5.74, 6) is 0.728. The Hall–Kier alpha value is -3.34. The Bertz CT molecular complexity index is 1060. The fourth-order valence-electron chi connectivity index (χ4n) is 4.53. The van der Waals surface area contributed by atoms with Gasteiger partial charge in [-0.05, 0) is 43.9 Å². The SMILES string of the molecule is Cc1ccc(C(=O)N2CC3CC(Oc4ccc(C(F)(F)F)cn4)C2C3)c(N2C=CNN2)n1. The van der Waals surface area contributed by atoms with Gasteiger partial charge in [-0.2, -0.15) is 13.2 Å². The lowest BCUT2D eigenvalue weighted by atomic mass is 10.1. The third-order valence-corrected chi connectivity index (χ3v) is 5.99. The van der Waals surface area contributed by atoms with E-state index < -0.39 is 11.7 Å². The summed E-state index contributed by atoms with van der Waals surface area (Å²) < 4.78 is 44.2. The Morgan fingerprint density at radius 2 is 2.06 bits per heavy atom. The van der Waals surface area contributed by atoms with Gasteiger partial charge in [-0.1, -0.05) is 0 Å². The number of hydrogen-bond acceptors (Lipinski definition) is 7. The number of aromatic nitrogens is 2. The highest BCUT2D eigenvalue weighted by molar-refractivity contribution is 5.99. The van der Waals surface area contributed by atoms with E-state index in [2.05, 4.69) is 20.9 Å². The van der Waals surface area contributed by atoms with E-state index in [4.69, 9.17) is 4.74 Å². The first-order valence-electron chi connectivity index (χ1n) is 10.2. The highest BCUT2D eigenvalue weighted by Gasteiger charge is 2.49. The average molecular weight is 446 g/mol. The molecule has 11 heteroatoms. The molecule has 3 aliphatic rings. The molecule has 2 aliphatic heterocycles. The zero-order valence-corrected chi connectivity index (χ0v) is 17.1. The molecule has 3 unspecified atom stereocenters. The molecule has 32 heavy (non-hydrogen) atoms. The molecule has 0 spiro atoms. The number of rotatable bonds is 4. The van der Waals surface area contributed by atoms with E-state index in [9.17, 15) is 18.0 Å². The number of alkyl halides is 3. The van der Waals surface area contributed by atoms with Crippen molar-refractivity contribution >= 4 is 11.7 Å². The summed E-state index contributed by atoms with van der Waals surface area (Å²) in [6.45, 7) is 2.46. The second-order valence-electron chi connectivity index (χ2n) is 8.17. The van der Waals surface area contributed by atoms with Crippen molar-refractivity contribution in [3.05, 3.63) is 59.7 Å². The number of hydrazine groups is 2. The number of pyridine rings is 2. The number of anilines is 1. The van der Waals surface area contributed by atoms with Gasteiger partial charge in [0.2, 0.25) is 5.88 Å². The Morgan fingerprint density at radius 3 is 2.72 bits per heavy atom. The van der Waals surface area contributed by atoms with Crippen LogP contribution in [0.25, 0.3) is 0 Å². The molecule has 1 aliphatic carbocycles. The zero-order chi connectivity index (χ0) is 22.5. The van der Waals surface area contributed by atoms with Gasteiger partial charge in [0, 0.05) is 36.9 Å². The van der Waals surface area contributed by atoms with Crippen LogP contribution in [0.15, 0.2) is 42.9 Å². The van der Waals surface area contributed by atoms with Gasteiger partial charge < -0.3 is 15.1 Å². The smallest absolute Gasteiger partial charge is 0.417 e. The number of nitrogens with one attached hydrogen (secondary N) is 2. The molecule has 0 aromatic carbocycles. The van der Waals surface area contributed by atoms with Gasteiger partial charge >= 0.3 is 6.18 Å². The minimum Gasteiger partial charge on any atom is -0.472 e. The van der Waals surface area contributed by atoms with Crippen molar-refractivity contribution in [3.63, 3.8) is 0 Å². The van der Waals surface area contributed by atoms with Crippen LogP contribution < -0.4 is 20.7 Å². The van der Waals surface area contributed by atoms with Gasteiger partial charge in [0.15, 0.2) is 5.82 Å². The number of nitrogens with zero attached hydrogens (tertiary/aromatic N) is 4. The number of carbonyl (C=O) groups is 1. The summed E-state index contributed by atoms with van der Waals surface area (Å²) in [6, 6.07) is 5.55. The molecule has 2 N–H and O–H groups in total. The molecule has 2 fully saturated rings. The lowest BCUT2D eigenvalue weighted by Crippen LogP contribution is -2.47. The fourth-order valence-corrected chi connectivity index (χ4v) is 4.53. The highest BCUT2D eigenvalue weighted by atomic mass is 19.4. The first kappa shape index (κ1) is 20.6. The molecule has 4 heterocycles. The summed E-state index contributed by atoms with van der Waals surface area (Å²) in [4.78, 5) is 23.6. The van der Waals surface area contributed by atoms with Gasteiger partial charge in [0.05, 0.1) is 17.2 Å². The highest BCUT2D eigenvalue weighted by Crippen LogP contribution is 2.41. The van der Waals surface area contributed by atoms with Crippen molar-refractivity contribution < 1.29 is 22.7 Å². The molecular weight excluding hydrogens is 425 g/mol. The standard InChI is InChI=1S/C21H21F3N6O2/c1-12-2-4-15(19(27-12)30-7-6-26-28-30)20(31)29-11-13-8-16(29)17(9-13)32-18-5-3-14(10-25-18)21(22,23)24/h2-7,10,13,16-17,26,28H,8-9,11H2,1H3. The molecule has 1 saturated carbocycles. The fraction of sp³-hybridized carbons (Fsp3) is 0.381. The maximum atomic E-state index is 13.5. The average Bonchev–Trinajstić information content (AvgIpc) is 3.50. The number of amides is 1. The predicted octanol–water partition coefficient (Wildman–Crippen LogP) is 2.79. The van der Waals surface area contributed by atoms with E-state index >= 15 is 0 Å². The molecule has 3 atom stereocenters. The molecular formula is C21H21F3N6O2. The Labute approximate surface area is 182 Å². The summed E-state index contributed by atoms with van der Waals surface area (Å²) >= 11 is 0. The van der Waals surface area contributed by atoms with Crippen molar-refractivity contribution in [2.75, 3.05) is 11.6 Å². The van der Waals surface area contributed by atoms with Crippen molar-refractivity contribution in [1.82, 2.24) is 25.8 Å². The van der Waals surface area contributed by atoms with E-state index in [1.807, 2.05) is 6.92 Å². The number of likely N-dealkylation sites (tertiary alicyclic amines) is 1. The van der Waals surface area contributed by atoms with E-state index in [-0.39, 0.29) is 29.9 Å². The number of hydrogen-bond donors (Lipinski definition) is 2. The quantitative estimate of drug-likeness (QED) is 0.748. The molecule has 0 radical (unpaired) electrons. The van der Waals surface area contributed by atoms with Crippen LogP contribution >= 0.6 is 0 Å². The van der Waals surface area contributed by atoms with Gasteiger partial charge in [-0.3, -0.25) is 4.79 Å². The summed E-state index contributed by atoms with van der Waals surface area (Å²) in [6.07, 6.45) is 0.936. The maximum Gasteiger partial charge on any atom is 0.417 e. The minimum atomic E-state index is -4.45. The third kappa shape index (κ3) is 3.72. The van der Waals surface area contributed by atoms with Crippen molar-refractivity contribution in [2.24, 2.45) is 5.92 Å². The molecule has 2 aromatic rings. The van der Waals surface area contributed by atoms with Gasteiger partial charge in [0.1, 0.15) is 6.10 Å². The monoisotopic (exact) mass is 446 g/mol. The van der Waals surface area contributed by atoms with Crippen molar-refractivity contribution in [2.45, 2.75) is 38.1 Å². The van der Waals surface area contributed by atoms with E-state index in [1.54, 1.807) is 34.4 Å². The summed E-state index contributed by atoms with van der Waals surface area (Å²) in [5, 5.41) is 1.63. The van der Waals surface area contributed by atoms with Crippen molar-refractivity contribution in [3.8, 4) is 5.88 Å². The van der Waals surface area contributed by atoms with Gasteiger partial charge in [0.25, 0.3) is 5.91 Å². The third-order valence-electron chi connectivity index (χ3n) is 5.99. The minimum absolute atomic E-state index is 0.123. The van der Waals surface area contributed by atoms with Crippen LogP contribution in [-0.2, 0) is 6.18 Å². The first-order valence-corrected chi connectivity index (χ1v) is 10.2. The molecule has 5 rings (SSSR count). The van der Waals surface area contributed by atoms with Crippen LogP contribution in [0.5, 0.6) is 5.88 Å². The molecule has 168 valence electrons. The van der Waals surface area contributed by atoms with Crippen LogP contribution in [-0.4, -0.2) is 39.5 Å². The van der Waals surface area contributed by atoms with Crippen LogP contribution in [0.4, 0.5) is 19.0 Å². The topological polar surface area (TPSA) is 82.6 Å². The summed E-state index contributed by atoms with van der Waals surface area (Å²) in [5.41, 5.74) is 6.14. The van der Waals surface area contributed by atoms with Crippen LogP contribution in [0.1, 0.15) is 34.5 Å². The number of carbonyl (C=O) groups excluding carboxylic acids is 1. The predicted molar refractivity (Wildman–Crippen MR) is 108 cm³/mol. The maximum absolute atomic E-state index is 13.5. The van der Waals surface area contributed by atoms with Crippen LogP contribution in [0.2, 0.25) is 0 Å². The number of piperidine rings is 1.